The maximum Gasteiger partial charge on any atom is 0.267 e. The number of benzene rings is 2. The van der Waals surface area contributed by atoms with Gasteiger partial charge in [0.2, 0.25) is 15.0 Å². The van der Waals surface area contributed by atoms with E-state index in [0.29, 0.717) is 18.0 Å². The number of fused-ring (bicyclic) bond motifs is 2. The molecule has 0 N–H and O–H groups in total. The number of alkyl halides is 2. The van der Waals surface area contributed by atoms with E-state index >= 15 is 0 Å². The second-order valence-electron chi connectivity index (χ2n) is 9.19. The predicted molar refractivity (Wildman–Crippen MR) is 141 cm³/mol. The van der Waals surface area contributed by atoms with Gasteiger partial charge in [-0.1, -0.05) is 74.5 Å². The van der Waals surface area contributed by atoms with E-state index in [-0.39, 0.29) is 40.4 Å². The summed E-state index contributed by atoms with van der Waals surface area (Å²) in [6, 6.07) is 18.6. The molecule has 0 fully saturated rings. The topological polar surface area (TPSA) is 113 Å². The average molecular weight is 575 g/mol. The number of nitrogens with zero attached hydrogens (tertiary/aromatic N) is 6. The molecule has 6 rings (SSSR count). The van der Waals surface area contributed by atoms with Crippen molar-refractivity contribution < 1.29 is 21.4 Å². The maximum atomic E-state index is 14.0. The van der Waals surface area contributed by atoms with Crippen molar-refractivity contribution in [1.29, 1.82) is 0 Å². The van der Waals surface area contributed by atoms with Crippen LogP contribution in [0.25, 0.3) is 0 Å². The van der Waals surface area contributed by atoms with Gasteiger partial charge in [-0.3, -0.25) is 4.21 Å². The smallest absolute Gasteiger partial charge is 0.251 e. The largest absolute Gasteiger partial charge is 0.267 e. The number of hydrogen-bond donors (Lipinski definition) is 0. The Hall–Kier alpha value is -3.32. The van der Waals surface area contributed by atoms with Crippen LogP contribution in [0.3, 0.4) is 0 Å². The summed E-state index contributed by atoms with van der Waals surface area (Å²) in [5, 5.41) is 8.21. The maximum absolute atomic E-state index is 14.0. The van der Waals surface area contributed by atoms with E-state index < -0.39 is 33.0 Å². The van der Waals surface area contributed by atoms with Crippen LogP contribution in [-0.4, -0.2) is 53.7 Å². The highest BCUT2D eigenvalue weighted by Gasteiger charge is 2.37. The molecule has 2 aromatic carbocycles. The summed E-state index contributed by atoms with van der Waals surface area (Å²) in [6.45, 7) is 3.31. The number of hydrogen-bond acceptors (Lipinski definition) is 7. The molecule has 2 aliphatic heterocycles. The van der Waals surface area contributed by atoms with E-state index in [1.54, 1.807) is 11.6 Å². The zero-order valence-electron chi connectivity index (χ0n) is 21.4. The predicted octanol–water partition coefficient (Wildman–Crippen LogP) is 4.48. The normalized spacial score (nSPS) is 22.6. The molecule has 9 nitrogen and oxygen atoms in total. The van der Waals surface area contributed by atoms with Gasteiger partial charge in [0, 0.05) is 18.6 Å². The Kier molecular flexibility index (Phi) is 7.72. The summed E-state index contributed by atoms with van der Waals surface area (Å²) in [5.74, 6) is 0.747. The molecule has 0 aliphatic carbocycles. The van der Waals surface area contributed by atoms with Crippen molar-refractivity contribution in [2.75, 3.05) is 11.5 Å². The van der Waals surface area contributed by atoms with Crippen LogP contribution >= 0.6 is 0 Å². The van der Waals surface area contributed by atoms with Crippen LogP contribution in [0.2, 0.25) is 0 Å². The van der Waals surface area contributed by atoms with Gasteiger partial charge in [-0.15, -0.1) is 10.2 Å². The third-order valence-corrected chi connectivity index (χ3v) is 9.37. The minimum absolute atomic E-state index is 0.0938. The van der Waals surface area contributed by atoms with Crippen LogP contribution in [0.5, 0.6) is 0 Å². The monoisotopic (exact) mass is 574 g/mol. The lowest BCUT2D eigenvalue weighted by molar-refractivity contribution is 0.326. The minimum Gasteiger partial charge on any atom is -0.251 e. The highest BCUT2D eigenvalue weighted by atomic mass is 32.2. The highest BCUT2D eigenvalue weighted by molar-refractivity contribution is 7.91. The van der Waals surface area contributed by atoms with Crippen molar-refractivity contribution in [2.45, 2.75) is 61.4 Å². The molecule has 4 heterocycles. The van der Waals surface area contributed by atoms with Gasteiger partial charge in [0.15, 0.2) is 24.0 Å². The quantitative estimate of drug-likeness (QED) is 0.334. The van der Waals surface area contributed by atoms with E-state index in [9.17, 15) is 21.4 Å². The lowest BCUT2D eigenvalue weighted by Crippen LogP contribution is -2.11. The molecular formula is C26H28F2N6O3S2. The SMILES string of the molecule is CCS(=O)(=O)c1nc2n(n1)[C@H](c1ccccc1)C[C@@H]2F.CCS(=O)c1nc2n(n1)[C@H](c1ccccc1)C[C@@H]2F. The van der Waals surface area contributed by atoms with E-state index in [0.717, 1.165) is 11.1 Å². The van der Waals surface area contributed by atoms with Gasteiger partial charge in [0.1, 0.15) is 0 Å². The molecule has 0 bridgehead atoms. The molecule has 0 spiro atoms. The second kappa shape index (κ2) is 11.0. The highest BCUT2D eigenvalue weighted by Crippen LogP contribution is 2.40. The summed E-state index contributed by atoms with van der Waals surface area (Å²) >= 11 is 0. The fraction of sp³-hybridized carbons (Fsp3) is 0.385. The van der Waals surface area contributed by atoms with Gasteiger partial charge in [-0.05, 0) is 11.1 Å². The number of rotatable bonds is 6. The van der Waals surface area contributed by atoms with Gasteiger partial charge in [-0.2, -0.15) is 4.98 Å². The molecule has 206 valence electrons. The van der Waals surface area contributed by atoms with Gasteiger partial charge in [-0.25, -0.2) is 31.5 Å². The van der Waals surface area contributed by atoms with Crippen LogP contribution in [0.1, 0.15) is 73.9 Å². The Morgan fingerprint density at radius 3 is 1.79 bits per heavy atom. The lowest BCUT2D eigenvalue weighted by atomic mass is 10.0. The molecule has 1 unspecified atom stereocenters. The fourth-order valence-electron chi connectivity index (χ4n) is 4.71. The molecule has 0 amide bonds. The van der Waals surface area contributed by atoms with Gasteiger partial charge < -0.3 is 0 Å². The first-order valence-electron chi connectivity index (χ1n) is 12.7. The van der Waals surface area contributed by atoms with E-state index in [1.165, 1.54) is 11.6 Å². The summed E-state index contributed by atoms with van der Waals surface area (Å²) in [5.41, 5.74) is 1.90. The summed E-state index contributed by atoms with van der Waals surface area (Å²) < 4.78 is 66.4. The van der Waals surface area contributed by atoms with Crippen LogP contribution in [0.4, 0.5) is 8.78 Å². The second-order valence-corrected chi connectivity index (χ2v) is 13.0. The Labute approximate surface area is 227 Å². The van der Waals surface area contributed by atoms with E-state index in [4.69, 9.17) is 0 Å². The van der Waals surface area contributed by atoms with Crippen LogP contribution < -0.4 is 0 Å². The summed E-state index contributed by atoms with van der Waals surface area (Å²) in [7, 11) is -4.76. The molecule has 0 saturated carbocycles. The molecule has 0 radical (unpaired) electrons. The molecular weight excluding hydrogens is 546 g/mol. The molecule has 2 aromatic heterocycles. The summed E-state index contributed by atoms with van der Waals surface area (Å²) in [4.78, 5) is 7.97. The molecule has 0 saturated heterocycles. The van der Waals surface area contributed by atoms with Crippen molar-refractivity contribution in [3.8, 4) is 0 Å². The van der Waals surface area contributed by atoms with Crippen LogP contribution in [-0.2, 0) is 20.6 Å². The molecule has 2 aliphatic rings. The first-order chi connectivity index (χ1) is 18.7. The first kappa shape index (κ1) is 27.3. The Morgan fingerprint density at radius 2 is 1.31 bits per heavy atom. The fourth-order valence-corrected chi connectivity index (χ4v) is 6.05. The Bertz CT molecular complexity index is 1580. The van der Waals surface area contributed by atoms with Crippen molar-refractivity contribution in [3.05, 3.63) is 83.4 Å². The molecule has 39 heavy (non-hydrogen) atoms. The van der Waals surface area contributed by atoms with Crippen molar-refractivity contribution in [1.82, 2.24) is 29.5 Å². The number of sulfone groups is 1. The zero-order chi connectivity index (χ0) is 27.7. The molecule has 13 heteroatoms. The van der Waals surface area contributed by atoms with Crippen molar-refractivity contribution >= 4 is 20.6 Å². The lowest BCUT2D eigenvalue weighted by Gasteiger charge is -2.11. The van der Waals surface area contributed by atoms with E-state index in [2.05, 4.69) is 20.2 Å². The molecule has 5 atom stereocenters. The van der Waals surface area contributed by atoms with Crippen molar-refractivity contribution in [3.63, 3.8) is 0 Å². The van der Waals surface area contributed by atoms with E-state index in [1.807, 2.05) is 60.7 Å². The number of aromatic nitrogens is 6. The molecule has 4 aromatic rings. The summed E-state index contributed by atoms with van der Waals surface area (Å²) in [6.07, 6.45) is -1.83. The van der Waals surface area contributed by atoms with Gasteiger partial charge in [0.25, 0.3) is 5.16 Å². The zero-order valence-corrected chi connectivity index (χ0v) is 23.0. The van der Waals surface area contributed by atoms with Crippen LogP contribution in [0, 0.1) is 0 Å². The Morgan fingerprint density at radius 1 is 0.821 bits per heavy atom. The average Bonchev–Trinajstić information content (AvgIpc) is 3.72. The Balaban J connectivity index is 0.000000158. The third-order valence-electron chi connectivity index (χ3n) is 6.78. The van der Waals surface area contributed by atoms with Crippen LogP contribution in [0.15, 0.2) is 71.0 Å². The van der Waals surface area contributed by atoms with Gasteiger partial charge >= 0.3 is 0 Å². The minimum atomic E-state index is -3.51. The third kappa shape index (κ3) is 5.29. The van der Waals surface area contributed by atoms with Crippen molar-refractivity contribution in [2.24, 2.45) is 0 Å². The standard InChI is InChI=1S/C13H14FN3O2S.C13H14FN3OS/c1-2-20(18,19)13-15-12-10(14)8-11(17(12)16-13)9-6-4-3-5-7-9;1-2-19(18)13-15-12-10(14)8-11(17(12)16-13)9-6-4-3-5-7-9/h3-7,10-11H,2,8H2,1H3;3-7,10-11H,2,8H2,1H3/t10-,11-;10-,11-,19?/m00/s1. The van der Waals surface area contributed by atoms with Gasteiger partial charge in [0.05, 0.1) is 28.6 Å². The first-order valence-corrected chi connectivity index (χ1v) is 15.6. The number of halogens is 2.